The number of nitrogens with one attached hydrogen (secondary N) is 1. The first-order chi connectivity index (χ1) is 7.04. The lowest BCUT2D eigenvalue weighted by Gasteiger charge is -2.07. The molecule has 0 saturated carbocycles. The quantitative estimate of drug-likeness (QED) is 0.610. The van der Waals surface area contributed by atoms with Gasteiger partial charge >= 0.3 is 0 Å². The number of anilines is 1. The lowest BCUT2D eigenvalue weighted by Crippen LogP contribution is -2.04. The first-order valence-electron chi connectivity index (χ1n) is 4.86. The molecule has 0 atom stereocenters. The standard InChI is InChI=1S/C10H15N3O2/c1-7(2)6-8-9(13(14)15)4-5-10(11-3)12-8/h4-5,7H,6H2,1-3H3,(H,11,12). The van der Waals surface area contributed by atoms with E-state index in [9.17, 15) is 10.1 Å². The summed E-state index contributed by atoms with van der Waals surface area (Å²) in [6, 6.07) is 3.11. The van der Waals surface area contributed by atoms with Crippen molar-refractivity contribution in [3.05, 3.63) is 27.9 Å². The van der Waals surface area contributed by atoms with Crippen LogP contribution in [0.4, 0.5) is 11.5 Å². The maximum Gasteiger partial charge on any atom is 0.290 e. The van der Waals surface area contributed by atoms with Gasteiger partial charge < -0.3 is 5.32 Å². The highest BCUT2D eigenvalue weighted by atomic mass is 16.6. The van der Waals surface area contributed by atoms with E-state index >= 15 is 0 Å². The van der Waals surface area contributed by atoms with Crippen molar-refractivity contribution in [1.29, 1.82) is 0 Å². The smallest absolute Gasteiger partial charge is 0.290 e. The largest absolute Gasteiger partial charge is 0.373 e. The minimum Gasteiger partial charge on any atom is -0.373 e. The van der Waals surface area contributed by atoms with E-state index in [-0.39, 0.29) is 10.6 Å². The molecule has 0 amide bonds. The Bertz CT molecular complexity index is 364. The number of nitro groups is 1. The molecule has 5 nitrogen and oxygen atoms in total. The maximum absolute atomic E-state index is 10.7. The number of hydrogen-bond donors (Lipinski definition) is 1. The van der Waals surface area contributed by atoms with Crippen molar-refractivity contribution in [1.82, 2.24) is 4.98 Å². The average Bonchev–Trinajstić information content (AvgIpc) is 2.16. The van der Waals surface area contributed by atoms with Crippen molar-refractivity contribution in [2.45, 2.75) is 20.3 Å². The van der Waals surface area contributed by atoms with E-state index < -0.39 is 0 Å². The van der Waals surface area contributed by atoms with E-state index in [1.807, 2.05) is 13.8 Å². The first kappa shape index (κ1) is 11.4. The summed E-state index contributed by atoms with van der Waals surface area (Å²) in [5.74, 6) is 1.01. The van der Waals surface area contributed by atoms with E-state index in [0.717, 1.165) is 0 Å². The molecule has 0 unspecified atom stereocenters. The molecule has 5 heteroatoms. The Kier molecular flexibility index (Phi) is 3.60. The Morgan fingerprint density at radius 3 is 2.67 bits per heavy atom. The molecule has 0 radical (unpaired) electrons. The maximum atomic E-state index is 10.7. The number of nitrogens with zero attached hydrogens (tertiary/aromatic N) is 2. The van der Waals surface area contributed by atoms with Gasteiger partial charge in [0.1, 0.15) is 11.5 Å². The van der Waals surface area contributed by atoms with Crippen molar-refractivity contribution in [3.8, 4) is 0 Å². The molecule has 1 rings (SSSR count). The van der Waals surface area contributed by atoms with Crippen LogP contribution < -0.4 is 5.32 Å². The minimum atomic E-state index is -0.385. The molecule has 0 aromatic carbocycles. The van der Waals surface area contributed by atoms with Crippen LogP contribution >= 0.6 is 0 Å². The fraction of sp³-hybridized carbons (Fsp3) is 0.500. The molecule has 0 spiro atoms. The molecular formula is C10H15N3O2. The Morgan fingerprint density at radius 2 is 2.20 bits per heavy atom. The van der Waals surface area contributed by atoms with E-state index in [4.69, 9.17) is 0 Å². The van der Waals surface area contributed by atoms with Crippen molar-refractivity contribution in [3.63, 3.8) is 0 Å². The van der Waals surface area contributed by atoms with Gasteiger partial charge in [-0.2, -0.15) is 0 Å². The fourth-order valence-corrected chi connectivity index (χ4v) is 1.34. The zero-order chi connectivity index (χ0) is 11.4. The second-order valence-corrected chi connectivity index (χ2v) is 3.77. The van der Waals surface area contributed by atoms with Gasteiger partial charge in [0.2, 0.25) is 0 Å². The lowest BCUT2D eigenvalue weighted by atomic mass is 10.1. The van der Waals surface area contributed by atoms with Crippen molar-refractivity contribution in [2.75, 3.05) is 12.4 Å². The van der Waals surface area contributed by atoms with Gasteiger partial charge in [-0.15, -0.1) is 0 Å². The van der Waals surface area contributed by atoms with Crippen LogP contribution in [0.1, 0.15) is 19.5 Å². The summed E-state index contributed by atoms with van der Waals surface area (Å²) in [6.45, 7) is 4.02. The molecule has 1 heterocycles. The average molecular weight is 209 g/mol. The van der Waals surface area contributed by atoms with Gasteiger partial charge in [-0.25, -0.2) is 4.98 Å². The van der Waals surface area contributed by atoms with E-state index in [1.54, 1.807) is 13.1 Å². The molecule has 15 heavy (non-hydrogen) atoms. The highest BCUT2D eigenvalue weighted by Crippen LogP contribution is 2.21. The lowest BCUT2D eigenvalue weighted by molar-refractivity contribution is -0.386. The predicted octanol–water partition coefficient (Wildman–Crippen LogP) is 2.23. The summed E-state index contributed by atoms with van der Waals surface area (Å²) in [7, 11) is 1.74. The SMILES string of the molecule is CNc1ccc([N+](=O)[O-])c(CC(C)C)n1. The normalized spacial score (nSPS) is 10.4. The molecule has 0 fully saturated rings. The third-order valence-electron chi connectivity index (χ3n) is 2.00. The van der Waals surface area contributed by atoms with E-state index in [2.05, 4.69) is 10.3 Å². The Hall–Kier alpha value is -1.65. The summed E-state index contributed by atoms with van der Waals surface area (Å²) in [6.07, 6.45) is 0.617. The van der Waals surface area contributed by atoms with E-state index in [1.165, 1.54) is 6.07 Å². The van der Waals surface area contributed by atoms with Crippen LogP contribution in [-0.2, 0) is 6.42 Å². The second kappa shape index (κ2) is 4.72. The van der Waals surface area contributed by atoms with Gasteiger partial charge in [0.15, 0.2) is 0 Å². The molecule has 0 bridgehead atoms. The third-order valence-corrected chi connectivity index (χ3v) is 2.00. The topological polar surface area (TPSA) is 68.1 Å². The third kappa shape index (κ3) is 2.90. The van der Waals surface area contributed by atoms with Crippen molar-refractivity contribution >= 4 is 11.5 Å². The zero-order valence-corrected chi connectivity index (χ0v) is 9.15. The Labute approximate surface area is 88.7 Å². The van der Waals surface area contributed by atoms with Crippen molar-refractivity contribution in [2.24, 2.45) is 5.92 Å². The van der Waals surface area contributed by atoms with Gasteiger partial charge in [-0.1, -0.05) is 13.8 Å². The molecule has 1 N–H and O–H groups in total. The Balaban J connectivity index is 3.10. The molecule has 82 valence electrons. The summed E-state index contributed by atoms with van der Waals surface area (Å²) in [4.78, 5) is 14.6. The molecule has 0 aliphatic rings. The number of rotatable bonds is 4. The van der Waals surface area contributed by atoms with Crippen LogP contribution in [0.2, 0.25) is 0 Å². The minimum absolute atomic E-state index is 0.0997. The highest BCUT2D eigenvalue weighted by molar-refractivity contribution is 5.45. The molecular weight excluding hydrogens is 194 g/mol. The number of aromatic nitrogens is 1. The molecule has 1 aromatic rings. The van der Waals surface area contributed by atoms with Crippen LogP contribution in [0, 0.1) is 16.0 Å². The van der Waals surface area contributed by atoms with E-state index in [0.29, 0.717) is 23.9 Å². The summed E-state index contributed by atoms with van der Waals surface area (Å²) in [5.41, 5.74) is 0.643. The van der Waals surface area contributed by atoms with Crippen LogP contribution in [0.5, 0.6) is 0 Å². The predicted molar refractivity (Wildman–Crippen MR) is 59.0 cm³/mol. The number of hydrogen-bond acceptors (Lipinski definition) is 4. The zero-order valence-electron chi connectivity index (χ0n) is 9.15. The van der Waals surface area contributed by atoms with Gasteiger partial charge in [-0.3, -0.25) is 10.1 Å². The van der Waals surface area contributed by atoms with Gasteiger partial charge in [0, 0.05) is 13.1 Å². The Morgan fingerprint density at radius 1 is 1.53 bits per heavy atom. The van der Waals surface area contributed by atoms with Gasteiger partial charge in [0.05, 0.1) is 4.92 Å². The molecule has 0 aliphatic heterocycles. The highest BCUT2D eigenvalue weighted by Gasteiger charge is 2.16. The summed E-state index contributed by atoms with van der Waals surface area (Å²) < 4.78 is 0. The van der Waals surface area contributed by atoms with Crippen LogP contribution in [0.25, 0.3) is 0 Å². The molecule has 0 saturated heterocycles. The van der Waals surface area contributed by atoms with Crippen LogP contribution in [0.3, 0.4) is 0 Å². The van der Waals surface area contributed by atoms with Gasteiger partial charge in [0.25, 0.3) is 5.69 Å². The second-order valence-electron chi connectivity index (χ2n) is 3.77. The van der Waals surface area contributed by atoms with Crippen LogP contribution in [-0.4, -0.2) is 17.0 Å². The molecule has 1 aromatic heterocycles. The monoisotopic (exact) mass is 209 g/mol. The number of pyridine rings is 1. The van der Waals surface area contributed by atoms with Gasteiger partial charge in [-0.05, 0) is 18.4 Å². The van der Waals surface area contributed by atoms with Crippen LogP contribution in [0.15, 0.2) is 12.1 Å². The summed E-state index contributed by atoms with van der Waals surface area (Å²) in [5, 5.41) is 13.6. The fourth-order valence-electron chi connectivity index (χ4n) is 1.34. The van der Waals surface area contributed by atoms with Crippen molar-refractivity contribution < 1.29 is 4.92 Å². The summed E-state index contributed by atoms with van der Waals surface area (Å²) >= 11 is 0. The first-order valence-corrected chi connectivity index (χ1v) is 4.86. The molecule has 0 aliphatic carbocycles.